The predicted molar refractivity (Wildman–Crippen MR) is 77.0 cm³/mol. The fourth-order valence-corrected chi connectivity index (χ4v) is 4.09. The van der Waals surface area contributed by atoms with Crippen molar-refractivity contribution in [3.63, 3.8) is 0 Å². The first-order valence-electron chi connectivity index (χ1n) is 6.60. The van der Waals surface area contributed by atoms with Crippen LogP contribution in [-0.2, 0) is 14.4 Å². The summed E-state index contributed by atoms with van der Waals surface area (Å²) in [5, 5.41) is 11.4. The Labute approximate surface area is 125 Å². The van der Waals surface area contributed by atoms with Crippen LogP contribution in [0.4, 0.5) is 5.69 Å². The summed E-state index contributed by atoms with van der Waals surface area (Å²) < 4.78 is 0. The SMILES string of the molecule is C[C@@H](NC(=O)C12CCC(=O)N1c1ccccc1S2)C(=O)O. The van der Waals surface area contributed by atoms with Crippen LogP contribution in [0.15, 0.2) is 29.2 Å². The molecular weight excluding hydrogens is 292 g/mol. The zero-order chi connectivity index (χ0) is 15.2. The number of carboxylic acid groups (broad SMARTS) is 1. The van der Waals surface area contributed by atoms with Crippen molar-refractivity contribution in [3.05, 3.63) is 24.3 Å². The van der Waals surface area contributed by atoms with Crippen molar-refractivity contribution in [2.75, 3.05) is 4.90 Å². The molecule has 2 aliphatic rings. The number of anilines is 1. The number of benzene rings is 1. The number of carbonyl (C=O) groups is 3. The van der Waals surface area contributed by atoms with Gasteiger partial charge in [0, 0.05) is 11.3 Å². The molecule has 1 unspecified atom stereocenters. The van der Waals surface area contributed by atoms with E-state index < -0.39 is 22.8 Å². The molecule has 1 saturated heterocycles. The number of thioether (sulfide) groups is 1. The second-order valence-corrected chi connectivity index (χ2v) is 6.44. The van der Waals surface area contributed by atoms with Gasteiger partial charge in [-0.2, -0.15) is 0 Å². The summed E-state index contributed by atoms with van der Waals surface area (Å²) in [4.78, 5) is 37.0. The molecule has 2 atom stereocenters. The van der Waals surface area contributed by atoms with Gasteiger partial charge in [0.15, 0.2) is 4.87 Å². The highest BCUT2D eigenvalue weighted by molar-refractivity contribution is 8.02. The molecule has 1 fully saturated rings. The maximum Gasteiger partial charge on any atom is 0.325 e. The number of para-hydroxylation sites is 1. The zero-order valence-corrected chi connectivity index (χ0v) is 12.1. The number of aliphatic carboxylic acids is 1. The third-order valence-corrected chi connectivity index (χ3v) is 5.22. The summed E-state index contributed by atoms with van der Waals surface area (Å²) in [6.45, 7) is 1.41. The summed E-state index contributed by atoms with van der Waals surface area (Å²) in [5.74, 6) is -1.63. The van der Waals surface area contributed by atoms with Gasteiger partial charge in [0.25, 0.3) is 5.91 Å². The second kappa shape index (κ2) is 4.77. The maximum atomic E-state index is 12.6. The lowest BCUT2D eigenvalue weighted by Gasteiger charge is -2.30. The molecule has 2 N–H and O–H groups in total. The number of fused-ring (bicyclic) bond motifs is 3. The molecule has 1 aromatic rings. The lowest BCUT2D eigenvalue weighted by Crippen LogP contribution is -2.55. The van der Waals surface area contributed by atoms with E-state index in [1.54, 1.807) is 6.07 Å². The van der Waals surface area contributed by atoms with Crippen molar-refractivity contribution >= 4 is 35.2 Å². The summed E-state index contributed by atoms with van der Waals surface area (Å²) in [7, 11) is 0. The van der Waals surface area contributed by atoms with Crippen LogP contribution in [0.1, 0.15) is 19.8 Å². The quantitative estimate of drug-likeness (QED) is 0.876. The molecule has 2 heterocycles. The Balaban J connectivity index is 1.96. The number of nitrogens with zero attached hydrogens (tertiary/aromatic N) is 1. The molecule has 0 radical (unpaired) electrons. The molecule has 21 heavy (non-hydrogen) atoms. The van der Waals surface area contributed by atoms with Crippen LogP contribution in [0.2, 0.25) is 0 Å². The average Bonchev–Trinajstić information content (AvgIpc) is 2.95. The van der Waals surface area contributed by atoms with Gasteiger partial charge in [0.05, 0.1) is 5.69 Å². The van der Waals surface area contributed by atoms with E-state index in [0.717, 1.165) is 10.6 Å². The Hall–Kier alpha value is -2.02. The lowest BCUT2D eigenvalue weighted by atomic mass is 10.1. The van der Waals surface area contributed by atoms with Crippen molar-refractivity contribution in [2.45, 2.75) is 35.6 Å². The Kier molecular flexibility index (Phi) is 3.16. The third kappa shape index (κ3) is 1.99. The van der Waals surface area contributed by atoms with Crippen molar-refractivity contribution < 1.29 is 19.5 Å². The molecule has 2 amide bonds. The summed E-state index contributed by atoms with van der Waals surface area (Å²) in [6, 6.07) is 6.35. The van der Waals surface area contributed by atoms with E-state index in [2.05, 4.69) is 5.32 Å². The van der Waals surface area contributed by atoms with Gasteiger partial charge < -0.3 is 10.4 Å². The Bertz CT molecular complexity index is 648. The third-order valence-electron chi connectivity index (χ3n) is 3.75. The van der Waals surface area contributed by atoms with Crippen LogP contribution in [0.5, 0.6) is 0 Å². The molecule has 0 aromatic heterocycles. The Morgan fingerprint density at radius 1 is 1.43 bits per heavy atom. The molecule has 6 nitrogen and oxygen atoms in total. The van der Waals surface area contributed by atoms with Crippen LogP contribution in [0.3, 0.4) is 0 Å². The highest BCUT2D eigenvalue weighted by atomic mass is 32.2. The van der Waals surface area contributed by atoms with E-state index >= 15 is 0 Å². The fourth-order valence-electron chi connectivity index (χ4n) is 2.67. The van der Waals surface area contributed by atoms with Gasteiger partial charge >= 0.3 is 5.97 Å². The number of carboxylic acids is 1. The molecule has 3 rings (SSSR count). The van der Waals surface area contributed by atoms with Crippen LogP contribution in [0.25, 0.3) is 0 Å². The zero-order valence-electron chi connectivity index (χ0n) is 11.3. The van der Waals surface area contributed by atoms with Crippen molar-refractivity contribution in [1.29, 1.82) is 0 Å². The average molecular weight is 306 g/mol. The van der Waals surface area contributed by atoms with E-state index in [4.69, 9.17) is 5.11 Å². The van der Waals surface area contributed by atoms with E-state index in [0.29, 0.717) is 6.42 Å². The Morgan fingerprint density at radius 2 is 2.14 bits per heavy atom. The molecule has 7 heteroatoms. The van der Waals surface area contributed by atoms with Gasteiger partial charge in [0.2, 0.25) is 5.91 Å². The topological polar surface area (TPSA) is 86.7 Å². The number of nitrogens with one attached hydrogen (secondary N) is 1. The molecular formula is C14H14N2O4S. The monoisotopic (exact) mass is 306 g/mol. The molecule has 1 aromatic carbocycles. The molecule has 110 valence electrons. The summed E-state index contributed by atoms with van der Waals surface area (Å²) in [5.41, 5.74) is 0.725. The number of amides is 2. The van der Waals surface area contributed by atoms with Gasteiger partial charge in [-0.25, -0.2) is 0 Å². The summed E-state index contributed by atoms with van der Waals surface area (Å²) in [6.07, 6.45) is 0.666. The van der Waals surface area contributed by atoms with Gasteiger partial charge in [-0.15, -0.1) is 0 Å². The van der Waals surface area contributed by atoms with Gasteiger partial charge in [0.1, 0.15) is 6.04 Å². The number of hydrogen-bond acceptors (Lipinski definition) is 4. The van der Waals surface area contributed by atoms with E-state index in [1.807, 2.05) is 18.2 Å². The highest BCUT2D eigenvalue weighted by Gasteiger charge is 2.57. The Morgan fingerprint density at radius 3 is 2.86 bits per heavy atom. The predicted octanol–water partition coefficient (Wildman–Crippen LogP) is 1.20. The standard InChI is InChI=1S/C14H14N2O4S/c1-8(12(18)19)15-13(20)14-7-6-11(17)16(14)9-4-2-3-5-10(9)21-14/h2-5,8H,6-7H2,1H3,(H,15,20)(H,18,19)/t8-,14?/m1/s1. The molecule has 0 aliphatic carbocycles. The van der Waals surface area contributed by atoms with Gasteiger partial charge in [-0.3, -0.25) is 19.3 Å². The van der Waals surface area contributed by atoms with Crippen LogP contribution in [0, 0.1) is 0 Å². The van der Waals surface area contributed by atoms with Crippen molar-refractivity contribution in [1.82, 2.24) is 5.32 Å². The van der Waals surface area contributed by atoms with Crippen LogP contribution >= 0.6 is 11.8 Å². The largest absolute Gasteiger partial charge is 0.480 e. The number of carbonyl (C=O) groups excluding carboxylic acids is 2. The van der Waals surface area contributed by atoms with Crippen molar-refractivity contribution in [2.24, 2.45) is 0 Å². The first kappa shape index (κ1) is 13.9. The van der Waals surface area contributed by atoms with E-state index in [-0.39, 0.29) is 12.3 Å². The lowest BCUT2D eigenvalue weighted by molar-refractivity contribution is -0.141. The molecule has 2 aliphatic heterocycles. The number of hydrogen-bond donors (Lipinski definition) is 2. The van der Waals surface area contributed by atoms with Gasteiger partial charge in [-0.1, -0.05) is 23.9 Å². The minimum atomic E-state index is -1.10. The van der Waals surface area contributed by atoms with E-state index in [1.165, 1.54) is 23.6 Å². The van der Waals surface area contributed by atoms with Gasteiger partial charge in [-0.05, 0) is 25.5 Å². The van der Waals surface area contributed by atoms with Crippen molar-refractivity contribution in [3.8, 4) is 0 Å². The molecule has 0 bridgehead atoms. The smallest absolute Gasteiger partial charge is 0.325 e. The van der Waals surface area contributed by atoms with Crippen LogP contribution in [-0.4, -0.2) is 33.8 Å². The highest BCUT2D eigenvalue weighted by Crippen LogP contribution is 2.55. The maximum absolute atomic E-state index is 12.6. The number of rotatable bonds is 3. The first-order chi connectivity index (χ1) is 9.95. The first-order valence-corrected chi connectivity index (χ1v) is 7.42. The normalized spacial score (nSPS) is 24.4. The van der Waals surface area contributed by atoms with Crippen LogP contribution < -0.4 is 10.2 Å². The fraction of sp³-hybridized carbons (Fsp3) is 0.357. The summed E-state index contributed by atoms with van der Waals surface area (Å²) >= 11 is 1.32. The minimum absolute atomic E-state index is 0.106. The minimum Gasteiger partial charge on any atom is -0.480 e. The van der Waals surface area contributed by atoms with E-state index in [9.17, 15) is 14.4 Å². The molecule has 0 spiro atoms. The molecule has 0 saturated carbocycles. The second-order valence-electron chi connectivity index (χ2n) is 5.12.